The van der Waals surface area contributed by atoms with Gasteiger partial charge in [0.25, 0.3) is 0 Å². The number of hydrogen-bond acceptors (Lipinski definition) is 4. The highest BCUT2D eigenvalue weighted by Gasteiger charge is 2.26. The van der Waals surface area contributed by atoms with Crippen LogP contribution >= 0.6 is 0 Å². The van der Waals surface area contributed by atoms with Crippen LogP contribution in [0.1, 0.15) is 40.4 Å². The highest BCUT2D eigenvalue weighted by molar-refractivity contribution is 5.86. The molecule has 1 saturated heterocycles. The van der Waals surface area contributed by atoms with E-state index in [0.717, 1.165) is 52.1 Å². The molecule has 0 radical (unpaired) electrons. The minimum Gasteiger partial charge on any atom is -0.478 e. The van der Waals surface area contributed by atoms with E-state index in [9.17, 15) is 4.79 Å². The standard InChI is InChI=1S/C25H30N4O2/c30-25(31)23-19-26-29(20-23)14-8-7-13-27-15-17-28(18-16-27)24(21-9-3-1-4-10-21)22-11-5-2-6-12-22/h1-6,9-12,19-20,24H,7-8,13-18H2,(H,30,31). The van der Waals surface area contributed by atoms with Gasteiger partial charge < -0.3 is 10.0 Å². The summed E-state index contributed by atoms with van der Waals surface area (Å²) < 4.78 is 1.73. The highest BCUT2D eigenvalue weighted by Crippen LogP contribution is 2.29. The Hall–Kier alpha value is -2.96. The van der Waals surface area contributed by atoms with Crippen molar-refractivity contribution >= 4 is 5.97 Å². The zero-order valence-corrected chi connectivity index (χ0v) is 17.8. The quantitative estimate of drug-likeness (QED) is 0.536. The van der Waals surface area contributed by atoms with Crippen molar-refractivity contribution in [3.8, 4) is 0 Å². The molecule has 31 heavy (non-hydrogen) atoms. The lowest BCUT2D eigenvalue weighted by atomic mass is 9.96. The lowest BCUT2D eigenvalue weighted by Gasteiger charge is -2.39. The van der Waals surface area contributed by atoms with Crippen molar-refractivity contribution in [2.45, 2.75) is 25.4 Å². The molecule has 1 fully saturated rings. The maximum absolute atomic E-state index is 10.9. The number of carbonyl (C=O) groups is 1. The Morgan fingerprint density at radius 2 is 1.45 bits per heavy atom. The first-order valence-corrected chi connectivity index (χ1v) is 11.0. The van der Waals surface area contributed by atoms with Gasteiger partial charge in [-0.15, -0.1) is 0 Å². The van der Waals surface area contributed by atoms with Gasteiger partial charge in [-0.05, 0) is 30.5 Å². The first-order chi connectivity index (χ1) is 15.2. The van der Waals surface area contributed by atoms with Crippen molar-refractivity contribution in [3.05, 3.63) is 89.7 Å². The Kier molecular flexibility index (Phi) is 7.12. The first-order valence-electron chi connectivity index (χ1n) is 11.0. The van der Waals surface area contributed by atoms with Gasteiger partial charge in [0.2, 0.25) is 0 Å². The second-order valence-corrected chi connectivity index (χ2v) is 8.11. The van der Waals surface area contributed by atoms with E-state index in [1.165, 1.54) is 17.3 Å². The van der Waals surface area contributed by atoms with Crippen LogP contribution in [0.4, 0.5) is 0 Å². The summed E-state index contributed by atoms with van der Waals surface area (Å²) in [6.07, 6.45) is 5.10. The summed E-state index contributed by atoms with van der Waals surface area (Å²) in [5.41, 5.74) is 2.95. The second kappa shape index (κ2) is 10.4. The van der Waals surface area contributed by atoms with Crippen molar-refractivity contribution < 1.29 is 9.90 Å². The lowest BCUT2D eigenvalue weighted by molar-refractivity contribution is 0.0696. The minimum absolute atomic E-state index is 0.252. The molecule has 1 N–H and O–H groups in total. The highest BCUT2D eigenvalue weighted by atomic mass is 16.4. The fraction of sp³-hybridized carbons (Fsp3) is 0.360. The van der Waals surface area contributed by atoms with Gasteiger partial charge in [-0.25, -0.2) is 4.79 Å². The van der Waals surface area contributed by atoms with E-state index in [-0.39, 0.29) is 5.56 Å². The van der Waals surface area contributed by atoms with Gasteiger partial charge in [0.05, 0.1) is 17.8 Å². The lowest BCUT2D eigenvalue weighted by Crippen LogP contribution is -2.48. The van der Waals surface area contributed by atoms with Gasteiger partial charge >= 0.3 is 5.97 Å². The molecule has 0 aliphatic carbocycles. The van der Waals surface area contributed by atoms with E-state index < -0.39 is 5.97 Å². The minimum atomic E-state index is -0.923. The van der Waals surface area contributed by atoms with E-state index in [1.54, 1.807) is 10.9 Å². The smallest absolute Gasteiger partial charge is 0.338 e. The summed E-state index contributed by atoms with van der Waals surface area (Å²) in [7, 11) is 0. The van der Waals surface area contributed by atoms with Crippen molar-refractivity contribution in [1.29, 1.82) is 0 Å². The number of carboxylic acids is 1. The van der Waals surface area contributed by atoms with Crippen LogP contribution in [0.3, 0.4) is 0 Å². The third kappa shape index (κ3) is 5.60. The Bertz CT molecular complexity index is 910. The van der Waals surface area contributed by atoms with Gasteiger partial charge in [0, 0.05) is 38.9 Å². The van der Waals surface area contributed by atoms with Crippen molar-refractivity contribution in [2.24, 2.45) is 0 Å². The number of carboxylic acid groups (broad SMARTS) is 1. The molecular weight excluding hydrogens is 388 g/mol. The number of aromatic carboxylic acids is 1. The average molecular weight is 419 g/mol. The monoisotopic (exact) mass is 418 g/mol. The average Bonchev–Trinajstić information content (AvgIpc) is 3.29. The number of benzene rings is 2. The summed E-state index contributed by atoms with van der Waals surface area (Å²) in [5, 5.41) is 13.1. The molecule has 4 rings (SSSR count). The SMILES string of the molecule is O=C(O)c1cnn(CCCCN2CCN(C(c3ccccc3)c3ccccc3)CC2)c1. The summed E-state index contributed by atoms with van der Waals surface area (Å²) >= 11 is 0. The zero-order chi connectivity index (χ0) is 21.5. The number of aromatic nitrogens is 2. The number of rotatable bonds is 9. The molecule has 0 saturated carbocycles. The van der Waals surface area contributed by atoms with Crippen molar-refractivity contribution in [3.63, 3.8) is 0 Å². The third-order valence-electron chi connectivity index (χ3n) is 5.99. The topological polar surface area (TPSA) is 61.6 Å². The molecule has 0 bridgehead atoms. The maximum Gasteiger partial charge on any atom is 0.338 e. The van der Waals surface area contributed by atoms with Crippen LogP contribution in [-0.2, 0) is 6.54 Å². The number of aryl methyl sites for hydroxylation is 1. The zero-order valence-electron chi connectivity index (χ0n) is 17.8. The number of piperazine rings is 1. The molecule has 162 valence electrons. The van der Waals surface area contributed by atoms with Gasteiger partial charge in [-0.1, -0.05) is 60.7 Å². The fourth-order valence-electron chi connectivity index (χ4n) is 4.34. The van der Waals surface area contributed by atoms with Crippen LogP contribution in [0.5, 0.6) is 0 Å². The van der Waals surface area contributed by atoms with E-state index in [0.29, 0.717) is 6.04 Å². The molecule has 1 aliphatic heterocycles. The van der Waals surface area contributed by atoms with Gasteiger partial charge in [-0.3, -0.25) is 9.58 Å². The molecule has 3 aromatic rings. The van der Waals surface area contributed by atoms with Crippen LogP contribution in [-0.4, -0.2) is 63.4 Å². The molecule has 6 heteroatoms. The normalized spacial score (nSPS) is 15.4. The molecule has 0 atom stereocenters. The Morgan fingerprint density at radius 1 is 0.871 bits per heavy atom. The van der Waals surface area contributed by atoms with Crippen LogP contribution in [0, 0.1) is 0 Å². The van der Waals surface area contributed by atoms with E-state index in [2.05, 4.69) is 75.6 Å². The van der Waals surface area contributed by atoms with Crippen LogP contribution < -0.4 is 0 Å². The van der Waals surface area contributed by atoms with E-state index in [1.807, 2.05) is 0 Å². The van der Waals surface area contributed by atoms with Crippen molar-refractivity contribution in [1.82, 2.24) is 19.6 Å². The third-order valence-corrected chi connectivity index (χ3v) is 5.99. The summed E-state index contributed by atoms with van der Waals surface area (Å²) in [5.74, 6) is -0.923. The largest absolute Gasteiger partial charge is 0.478 e. The molecule has 0 spiro atoms. The van der Waals surface area contributed by atoms with Crippen LogP contribution in [0.2, 0.25) is 0 Å². The Balaban J connectivity index is 1.27. The molecule has 2 heterocycles. The molecule has 1 aromatic heterocycles. The number of nitrogens with zero attached hydrogens (tertiary/aromatic N) is 4. The Morgan fingerprint density at radius 3 is 2.00 bits per heavy atom. The Labute approximate surface area is 183 Å². The molecular formula is C25H30N4O2. The molecule has 0 unspecified atom stereocenters. The molecule has 1 aliphatic rings. The fourth-order valence-corrected chi connectivity index (χ4v) is 4.34. The summed E-state index contributed by atoms with van der Waals surface area (Å²) in [4.78, 5) is 16.1. The predicted octanol–water partition coefficient (Wildman–Crippen LogP) is 3.77. The molecule has 6 nitrogen and oxygen atoms in total. The van der Waals surface area contributed by atoms with Crippen molar-refractivity contribution in [2.75, 3.05) is 32.7 Å². The summed E-state index contributed by atoms with van der Waals surface area (Å²) in [6, 6.07) is 21.9. The predicted molar refractivity (Wildman–Crippen MR) is 121 cm³/mol. The second-order valence-electron chi connectivity index (χ2n) is 8.11. The van der Waals surface area contributed by atoms with Gasteiger partial charge in [0.1, 0.15) is 0 Å². The maximum atomic E-state index is 10.9. The van der Waals surface area contributed by atoms with Crippen LogP contribution in [0.25, 0.3) is 0 Å². The number of hydrogen-bond donors (Lipinski definition) is 1. The van der Waals surface area contributed by atoms with E-state index in [4.69, 9.17) is 5.11 Å². The first kappa shape index (κ1) is 21.3. The number of unbranched alkanes of at least 4 members (excludes halogenated alkanes) is 1. The van der Waals surface area contributed by atoms with Crippen LogP contribution in [0.15, 0.2) is 73.1 Å². The van der Waals surface area contributed by atoms with E-state index >= 15 is 0 Å². The molecule has 0 amide bonds. The molecule has 2 aromatic carbocycles. The van der Waals surface area contributed by atoms with Gasteiger partial charge in [-0.2, -0.15) is 5.10 Å². The summed E-state index contributed by atoms with van der Waals surface area (Å²) in [6.45, 7) is 6.08. The van der Waals surface area contributed by atoms with Gasteiger partial charge in [0.15, 0.2) is 0 Å².